The molecule has 0 aromatic heterocycles. The molecule has 1 aromatic rings. The van der Waals surface area contributed by atoms with Gasteiger partial charge >= 0.3 is 11.8 Å². The van der Waals surface area contributed by atoms with Gasteiger partial charge in [-0.05, 0) is 26.8 Å². The summed E-state index contributed by atoms with van der Waals surface area (Å²) >= 11 is 0. The molecule has 0 fully saturated rings. The molecule has 120 valence electrons. The Hall–Kier alpha value is -3.26. The van der Waals surface area contributed by atoms with E-state index >= 15 is 0 Å². The average molecular weight is 317 g/mol. The maximum Gasteiger partial charge on any atom is 0.408 e. The fraction of sp³-hybridized carbons (Fsp3) is 0.333. The summed E-state index contributed by atoms with van der Waals surface area (Å²) in [5.74, 6) is 4.37. The molecule has 1 rings (SSSR count). The second-order valence-corrected chi connectivity index (χ2v) is 5.42. The van der Waals surface area contributed by atoms with E-state index in [0.29, 0.717) is 0 Å². The number of nitrogens with one attached hydrogen (secondary N) is 1. The van der Waals surface area contributed by atoms with E-state index in [9.17, 15) is 20.0 Å². The molecule has 1 amide bonds. The lowest BCUT2D eigenvalue weighted by atomic mass is 10.1. The summed E-state index contributed by atoms with van der Waals surface area (Å²) in [5, 5.41) is 31.8. The quantitative estimate of drug-likeness (QED) is 0.488. The fourth-order valence-electron chi connectivity index (χ4n) is 1.49. The van der Waals surface area contributed by atoms with Crippen molar-refractivity contribution in [3.8, 4) is 23.7 Å². The van der Waals surface area contributed by atoms with Gasteiger partial charge in [0, 0.05) is 6.07 Å². The molecule has 0 saturated heterocycles. The summed E-state index contributed by atoms with van der Waals surface area (Å²) in [7, 11) is 0. The van der Waals surface area contributed by atoms with Gasteiger partial charge in [0.2, 0.25) is 5.75 Å². The van der Waals surface area contributed by atoms with Crippen LogP contribution in [0.1, 0.15) is 31.9 Å². The molecule has 0 unspecified atom stereocenters. The number of nitrogens with zero attached hydrogens (tertiary/aromatic N) is 2. The summed E-state index contributed by atoms with van der Waals surface area (Å²) in [5.41, 5.74) is -1.31. The Kier molecular flexibility index (Phi) is 5.52. The Morgan fingerprint density at radius 2 is 2.13 bits per heavy atom. The van der Waals surface area contributed by atoms with Crippen LogP contribution in [0.3, 0.4) is 0 Å². The average Bonchev–Trinajstić information content (AvgIpc) is 2.42. The number of alkyl carbamates (subject to hydrolysis) is 1. The third kappa shape index (κ3) is 5.56. The van der Waals surface area contributed by atoms with Gasteiger partial charge in [0.15, 0.2) is 0 Å². The van der Waals surface area contributed by atoms with Crippen molar-refractivity contribution in [2.45, 2.75) is 26.4 Å². The van der Waals surface area contributed by atoms with Gasteiger partial charge in [-0.15, -0.1) is 0 Å². The normalized spacial score (nSPS) is 10.0. The highest BCUT2D eigenvalue weighted by molar-refractivity contribution is 5.68. The van der Waals surface area contributed by atoms with Gasteiger partial charge in [-0.25, -0.2) is 4.79 Å². The lowest BCUT2D eigenvalue weighted by Gasteiger charge is -2.18. The highest BCUT2D eigenvalue weighted by atomic mass is 16.6. The Morgan fingerprint density at radius 1 is 1.48 bits per heavy atom. The number of nitriles is 1. The first kappa shape index (κ1) is 17.8. The van der Waals surface area contributed by atoms with E-state index in [1.54, 1.807) is 26.8 Å². The summed E-state index contributed by atoms with van der Waals surface area (Å²) in [4.78, 5) is 21.4. The number of phenols is 1. The van der Waals surface area contributed by atoms with Crippen LogP contribution >= 0.6 is 0 Å². The monoisotopic (exact) mass is 317 g/mol. The van der Waals surface area contributed by atoms with Crippen LogP contribution in [0, 0.1) is 33.3 Å². The Morgan fingerprint density at radius 3 is 2.65 bits per heavy atom. The van der Waals surface area contributed by atoms with Gasteiger partial charge < -0.3 is 15.2 Å². The smallest absolute Gasteiger partial charge is 0.408 e. The first-order valence-electron chi connectivity index (χ1n) is 6.51. The topological polar surface area (TPSA) is 125 Å². The van der Waals surface area contributed by atoms with Gasteiger partial charge in [-0.3, -0.25) is 10.1 Å². The van der Waals surface area contributed by atoms with Gasteiger partial charge in [0.05, 0.1) is 28.7 Å². The van der Waals surface area contributed by atoms with Crippen LogP contribution in [0.4, 0.5) is 10.5 Å². The molecule has 0 bridgehead atoms. The second kappa shape index (κ2) is 7.14. The molecule has 0 radical (unpaired) electrons. The molecule has 2 N–H and O–H groups in total. The van der Waals surface area contributed by atoms with Crippen LogP contribution < -0.4 is 5.32 Å². The van der Waals surface area contributed by atoms with Crippen molar-refractivity contribution < 1.29 is 19.6 Å². The van der Waals surface area contributed by atoms with E-state index in [4.69, 9.17) is 10.00 Å². The number of aromatic hydroxyl groups is 1. The number of benzene rings is 1. The number of phenolic OH excluding ortho intramolecular Hbond substituents is 1. The second-order valence-electron chi connectivity index (χ2n) is 5.42. The number of nitro benzene ring substituents is 1. The summed E-state index contributed by atoms with van der Waals surface area (Å²) in [6.45, 7) is 5.05. The van der Waals surface area contributed by atoms with E-state index in [2.05, 4.69) is 17.2 Å². The Bertz CT molecular complexity index is 732. The number of hydrogen-bond donors (Lipinski definition) is 2. The number of hydrogen-bond acceptors (Lipinski definition) is 6. The van der Waals surface area contributed by atoms with Crippen LogP contribution in [0.15, 0.2) is 12.1 Å². The molecule has 0 spiro atoms. The Labute approximate surface area is 132 Å². The molecule has 0 aliphatic rings. The number of carbonyl (C=O) groups is 1. The SMILES string of the molecule is CC(C)(C)OC(=O)NCC#Cc1cc(C#N)cc([N+](=O)[O-])c1O. The third-order valence-electron chi connectivity index (χ3n) is 2.36. The van der Waals surface area contributed by atoms with E-state index < -0.39 is 28.1 Å². The zero-order valence-electron chi connectivity index (χ0n) is 12.8. The number of carbonyl (C=O) groups excluding carboxylic acids is 1. The minimum Gasteiger partial charge on any atom is -0.501 e. The number of amides is 1. The molecule has 8 heteroatoms. The first-order valence-corrected chi connectivity index (χ1v) is 6.51. The molecule has 0 heterocycles. The molecule has 8 nitrogen and oxygen atoms in total. The molecule has 0 saturated carbocycles. The third-order valence-corrected chi connectivity index (χ3v) is 2.36. The molecule has 0 aliphatic carbocycles. The van der Waals surface area contributed by atoms with Crippen molar-refractivity contribution in [1.82, 2.24) is 5.32 Å². The Balaban J connectivity index is 2.87. The predicted octanol–water partition coefficient (Wildman–Crippen LogP) is 2.05. The maximum absolute atomic E-state index is 11.4. The summed E-state index contributed by atoms with van der Waals surface area (Å²) < 4.78 is 5.00. The highest BCUT2D eigenvalue weighted by Gasteiger charge is 2.18. The molecular formula is C15H15N3O5. The van der Waals surface area contributed by atoms with E-state index in [1.165, 1.54) is 6.07 Å². The minimum absolute atomic E-state index is 0.00102. The molecular weight excluding hydrogens is 302 g/mol. The van der Waals surface area contributed by atoms with Crippen LogP contribution in [-0.2, 0) is 4.74 Å². The molecule has 1 aromatic carbocycles. The van der Waals surface area contributed by atoms with Gasteiger partial charge in [-0.2, -0.15) is 5.26 Å². The zero-order chi connectivity index (χ0) is 17.6. The summed E-state index contributed by atoms with van der Waals surface area (Å²) in [6.07, 6.45) is -0.659. The number of ether oxygens (including phenoxy) is 1. The largest absolute Gasteiger partial charge is 0.501 e. The molecule has 0 atom stereocenters. The van der Waals surface area contributed by atoms with Crippen molar-refractivity contribution in [2.75, 3.05) is 6.54 Å². The van der Waals surface area contributed by atoms with Crippen LogP contribution in [0.25, 0.3) is 0 Å². The summed E-state index contributed by atoms with van der Waals surface area (Å²) in [6, 6.07) is 3.93. The van der Waals surface area contributed by atoms with Crippen LogP contribution in [-0.4, -0.2) is 28.3 Å². The first-order chi connectivity index (χ1) is 10.6. The van der Waals surface area contributed by atoms with Crippen LogP contribution in [0.2, 0.25) is 0 Å². The van der Waals surface area contributed by atoms with Crippen molar-refractivity contribution in [2.24, 2.45) is 0 Å². The standard InChI is InChI=1S/C15H15N3O5/c1-15(2,3)23-14(20)17-6-4-5-11-7-10(9-16)8-12(13(11)19)18(21)22/h7-8,19H,6H2,1-3H3,(H,17,20). The highest BCUT2D eigenvalue weighted by Crippen LogP contribution is 2.30. The van der Waals surface area contributed by atoms with E-state index in [0.717, 1.165) is 6.07 Å². The number of rotatable bonds is 2. The fourth-order valence-corrected chi connectivity index (χ4v) is 1.49. The van der Waals surface area contributed by atoms with Crippen molar-refractivity contribution in [3.05, 3.63) is 33.4 Å². The molecule has 0 aliphatic heterocycles. The molecule has 23 heavy (non-hydrogen) atoms. The van der Waals surface area contributed by atoms with Crippen molar-refractivity contribution >= 4 is 11.8 Å². The van der Waals surface area contributed by atoms with E-state index in [1.807, 2.05) is 0 Å². The lowest BCUT2D eigenvalue weighted by molar-refractivity contribution is -0.385. The minimum atomic E-state index is -0.805. The van der Waals surface area contributed by atoms with E-state index in [-0.39, 0.29) is 17.7 Å². The van der Waals surface area contributed by atoms with Crippen molar-refractivity contribution in [3.63, 3.8) is 0 Å². The predicted molar refractivity (Wildman–Crippen MR) is 80.6 cm³/mol. The maximum atomic E-state index is 11.4. The van der Waals surface area contributed by atoms with Crippen molar-refractivity contribution in [1.29, 1.82) is 5.26 Å². The van der Waals surface area contributed by atoms with Gasteiger partial charge in [0.25, 0.3) is 0 Å². The zero-order valence-corrected chi connectivity index (χ0v) is 12.8. The van der Waals surface area contributed by atoms with Gasteiger partial charge in [0.1, 0.15) is 5.60 Å². The number of nitro groups is 1. The van der Waals surface area contributed by atoms with Crippen LogP contribution in [0.5, 0.6) is 5.75 Å². The lowest BCUT2D eigenvalue weighted by Crippen LogP contribution is -2.32. The van der Waals surface area contributed by atoms with Gasteiger partial charge in [-0.1, -0.05) is 11.8 Å².